The summed E-state index contributed by atoms with van der Waals surface area (Å²) in [4.78, 5) is 61.7. The van der Waals surface area contributed by atoms with E-state index in [4.69, 9.17) is 4.74 Å². The molecule has 212 valence electrons. The molecular formula is C28H33N5O7. The maximum absolute atomic E-state index is 13.3. The van der Waals surface area contributed by atoms with Crippen LogP contribution in [-0.2, 0) is 14.3 Å². The minimum Gasteiger partial charge on any atom is -0.481 e. The summed E-state index contributed by atoms with van der Waals surface area (Å²) in [6.45, 7) is 4.65. The number of nitrogens with zero attached hydrogens (tertiary/aromatic N) is 4. The van der Waals surface area contributed by atoms with Crippen LogP contribution in [-0.4, -0.2) is 98.8 Å². The lowest BCUT2D eigenvalue weighted by molar-refractivity contribution is -0.138. The molecule has 3 rings (SSSR count). The van der Waals surface area contributed by atoms with Crippen LogP contribution in [0.5, 0.6) is 0 Å². The molecule has 2 aromatic rings. The Morgan fingerprint density at radius 3 is 2.35 bits per heavy atom. The number of aromatic nitrogens is 2. The molecule has 1 aromatic heterocycles. The van der Waals surface area contributed by atoms with Crippen molar-refractivity contribution < 1.29 is 34.1 Å². The number of carboxylic acid groups (broad SMARTS) is 1. The molecular weight excluding hydrogens is 518 g/mol. The summed E-state index contributed by atoms with van der Waals surface area (Å²) in [7, 11) is 0. The SMILES string of the molecule is CCOC(=O)N1CCN(C(=O)[C@H](CCC(=O)O)NC(=O)c2cc(C#CC(O)CC)nc(-c3ccccc3)n2)CC1. The summed E-state index contributed by atoms with van der Waals surface area (Å²) in [6.07, 6.45) is -1.39. The van der Waals surface area contributed by atoms with E-state index in [1.165, 1.54) is 15.9 Å². The maximum atomic E-state index is 13.3. The summed E-state index contributed by atoms with van der Waals surface area (Å²) >= 11 is 0. The van der Waals surface area contributed by atoms with Crippen molar-refractivity contribution in [2.24, 2.45) is 0 Å². The van der Waals surface area contributed by atoms with Gasteiger partial charge < -0.3 is 30.1 Å². The first-order valence-electron chi connectivity index (χ1n) is 13.1. The maximum Gasteiger partial charge on any atom is 0.409 e. The number of ether oxygens (including phenoxy) is 1. The molecule has 2 atom stereocenters. The standard InChI is InChI=1S/C28H33N5O7/c1-3-21(34)11-10-20-18-23(30-25(29-20)19-8-6-5-7-9-19)26(37)31-22(12-13-24(35)36)27(38)32-14-16-33(17-15-32)28(39)40-4-2/h5-9,18,21-22,34H,3-4,12-17H2,1-2H3,(H,31,37)(H,35,36)/t21?,22-/m0/s1. The highest BCUT2D eigenvalue weighted by atomic mass is 16.6. The number of carbonyl (C=O) groups is 4. The number of hydrogen-bond acceptors (Lipinski definition) is 8. The third kappa shape index (κ3) is 8.51. The Bertz CT molecular complexity index is 1270. The second-order valence-corrected chi connectivity index (χ2v) is 8.99. The highest BCUT2D eigenvalue weighted by molar-refractivity contribution is 5.96. The second-order valence-electron chi connectivity index (χ2n) is 8.99. The van der Waals surface area contributed by atoms with Crippen molar-refractivity contribution in [1.82, 2.24) is 25.1 Å². The van der Waals surface area contributed by atoms with Gasteiger partial charge in [-0.15, -0.1) is 0 Å². The predicted molar refractivity (Wildman–Crippen MR) is 144 cm³/mol. The van der Waals surface area contributed by atoms with Gasteiger partial charge in [-0.25, -0.2) is 14.8 Å². The number of piperazine rings is 1. The fourth-order valence-electron chi connectivity index (χ4n) is 3.91. The molecule has 3 amide bonds. The lowest BCUT2D eigenvalue weighted by Gasteiger charge is -2.35. The molecule has 1 saturated heterocycles. The molecule has 0 saturated carbocycles. The van der Waals surface area contributed by atoms with Crippen LogP contribution in [0.2, 0.25) is 0 Å². The average molecular weight is 552 g/mol. The van der Waals surface area contributed by atoms with Crippen molar-refractivity contribution in [3.63, 3.8) is 0 Å². The zero-order valence-electron chi connectivity index (χ0n) is 22.5. The van der Waals surface area contributed by atoms with E-state index in [0.717, 1.165) is 0 Å². The van der Waals surface area contributed by atoms with E-state index >= 15 is 0 Å². The smallest absolute Gasteiger partial charge is 0.409 e. The molecule has 12 nitrogen and oxygen atoms in total. The summed E-state index contributed by atoms with van der Waals surface area (Å²) in [5.41, 5.74) is 0.772. The highest BCUT2D eigenvalue weighted by Crippen LogP contribution is 2.16. The lowest BCUT2D eigenvalue weighted by atomic mass is 10.1. The van der Waals surface area contributed by atoms with Gasteiger partial charge >= 0.3 is 12.1 Å². The van der Waals surface area contributed by atoms with Crippen molar-refractivity contribution >= 4 is 23.9 Å². The first-order valence-corrected chi connectivity index (χ1v) is 13.1. The van der Waals surface area contributed by atoms with Crippen molar-refractivity contribution in [3.05, 3.63) is 47.8 Å². The Kier molecular flexibility index (Phi) is 11.0. The number of carboxylic acids is 1. The molecule has 0 aliphatic carbocycles. The summed E-state index contributed by atoms with van der Waals surface area (Å²) in [5.74, 6) is 3.39. The van der Waals surface area contributed by atoms with Crippen LogP contribution in [0.25, 0.3) is 11.4 Å². The van der Waals surface area contributed by atoms with Crippen LogP contribution in [0.3, 0.4) is 0 Å². The number of nitrogens with one attached hydrogen (secondary N) is 1. The van der Waals surface area contributed by atoms with Crippen LogP contribution >= 0.6 is 0 Å². The normalized spacial score (nSPS) is 14.4. The molecule has 1 fully saturated rings. The van der Waals surface area contributed by atoms with E-state index in [1.54, 1.807) is 38.1 Å². The Hall–Kier alpha value is -4.50. The van der Waals surface area contributed by atoms with Crippen molar-refractivity contribution in [3.8, 4) is 23.2 Å². The molecule has 0 spiro atoms. The van der Waals surface area contributed by atoms with Crippen molar-refractivity contribution in [1.29, 1.82) is 0 Å². The van der Waals surface area contributed by atoms with E-state index in [0.29, 0.717) is 12.0 Å². The van der Waals surface area contributed by atoms with E-state index in [1.807, 2.05) is 6.07 Å². The third-order valence-corrected chi connectivity index (χ3v) is 6.11. The number of benzene rings is 1. The van der Waals surface area contributed by atoms with Crippen LogP contribution in [0.1, 0.15) is 49.3 Å². The topological polar surface area (TPSA) is 162 Å². The number of aliphatic carboxylic acids is 1. The van der Waals surface area contributed by atoms with E-state index < -0.39 is 36.0 Å². The number of rotatable bonds is 9. The molecule has 1 aliphatic rings. The Labute approximate surface area is 232 Å². The Morgan fingerprint density at radius 2 is 1.73 bits per heavy atom. The minimum absolute atomic E-state index is 0.0654. The number of aliphatic hydroxyl groups is 1. The van der Waals surface area contributed by atoms with Gasteiger partial charge in [-0.1, -0.05) is 43.2 Å². The fourth-order valence-corrected chi connectivity index (χ4v) is 3.91. The van der Waals surface area contributed by atoms with Gasteiger partial charge in [0, 0.05) is 44.2 Å². The molecule has 0 radical (unpaired) electrons. The monoisotopic (exact) mass is 551 g/mol. The number of carbonyl (C=O) groups excluding carboxylic acids is 3. The average Bonchev–Trinajstić information content (AvgIpc) is 2.97. The van der Waals surface area contributed by atoms with Crippen LogP contribution in [0.15, 0.2) is 36.4 Å². The van der Waals surface area contributed by atoms with Gasteiger partial charge in [0.25, 0.3) is 5.91 Å². The van der Waals surface area contributed by atoms with Crippen LogP contribution < -0.4 is 5.32 Å². The molecule has 1 unspecified atom stereocenters. The first-order chi connectivity index (χ1) is 19.2. The van der Waals surface area contributed by atoms with Gasteiger partial charge in [0.2, 0.25) is 5.91 Å². The number of hydrogen-bond donors (Lipinski definition) is 3. The quantitative estimate of drug-likeness (QED) is 0.392. The van der Waals surface area contributed by atoms with Gasteiger partial charge in [0.1, 0.15) is 23.5 Å². The lowest BCUT2D eigenvalue weighted by Crippen LogP contribution is -2.56. The predicted octanol–water partition coefficient (Wildman–Crippen LogP) is 1.53. The second kappa shape index (κ2) is 14.6. The molecule has 1 aliphatic heterocycles. The van der Waals surface area contributed by atoms with E-state index in [9.17, 15) is 29.4 Å². The summed E-state index contributed by atoms with van der Waals surface area (Å²) in [5, 5.41) is 21.7. The van der Waals surface area contributed by atoms with Gasteiger partial charge in [-0.05, 0) is 25.7 Å². The Morgan fingerprint density at radius 1 is 1.05 bits per heavy atom. The summed E-state index contributed by atoms with van der Waals surface area (Å²) in [6, 6.07) is 9.16. The van der Waals surface area contributed by atoms with Gasteiger partial charge in [0.15, 0.2) is 5.82 Å². The van der Waals surface area contributed by atoms with Crippen molar-refractivity contribution in [2.75, 3.05) is 32.8 Å². The fraction of sp³-hybridized carbons (Fsp3) is 0.429. The van der Waals surface area contributed by atoms with Gasteiger partial charge in [-0.2, -0.15) is 0 Å². The third-order valence-electron chi connectivity index (χ3n) is 6.11. The molecule has 1 aromatic carbocycles. The summed E-state index contributed by atoms with van der Waals surface area (Å²) < 4.78 is 5.00. The number of aliphatic hydroxyl groups excluding tert-OH is 1. The zero-order chi connectivity index (χ0) is 29.1. The van der Waals surface area contributed by atoms with Gasteiger partial charge in [-0.3, -0.25) is 14.4 Å². The van der Waals surface area contributed by atoms with Crippen LogP contribution in [0.4, 0.5) is 4.79 Å². The van der Waals surface area contributed by atoms with Crippen LogP contribution in [0, 0.1) is 11.8 Å². The first kappa shape index (κ1) is 30.0. The van der Waals surface area contributed by atoms with E-state index in [2.05, 4.69) is 27.1 Å². The molecule has 2 heterocycles. The highest BCUT2D eigenvalue weighted by Gasteiger charge is 2.31. The van der Waals surface area contributed by atoms with Gasteiger partial charge in [0.05, 0.1) is 6.61 Å². The molecule has 12 heteroatoms. The zero-order valence-corrected chi connectivity index (χ0v) is 22.5. The van der Waals surface area contributed by atoms with Crippen molar-refractivity contribution in [2.45, 2.75) is 45.3 Å². The molecule has 40 heavy (non-hydrogen) atoms. The number of amides is 3. The minimum atomic E-state index is -1.13. The molecule has 3 N–H and O–H groups in total. The Balaban J connectivity index is 1.83. The largest absolute Gasteiger partial charge is 0.481 e. The van der Waals surface area contributed by atoms with E-state index in [-0.39, 0.29) is 62.8 Å². The molecule has 0 bridgehead atoms.